The normalized spacial score (nSPS) is 10.8. The Morgan fingerprint density at radius 3 is 2.59 bits per heavy atom. The Hall–Kier alpha value is -1.35. The molecule has 0 saturated carbocycles. The minimum atomic E-state index is 0.585. The summed E-state index contributed by atoms with van der Waals surface area (Å²) in [6, 6.07) is 6.33. The van der Waals surface area contributed by atoms with E-state index in [1.807, 2.05) is 10.9 Å². The van der Waals surface area contributed by atoms with E-state index in [0.29, 0.717) is 5.88 Å². The molecule has 17 heavy (non-hydrogen) atoms. The first-order valence-corrected chi connectivity index (χ1v) is 6.24. The number of rotatable bonds is 4. The van der Waals surface area contributed by atoms with E-state index >= 15 is 0 Å². The second-order valence-corrected chi connectivity index (χ2v) is 4.59. The van der Waals surface area contributed by atoms with Gasteiger partial charge >= 0.3 is 0 Å². The molecule has 0 fully saturated rings. The summed E-state index contributed by atoms with van der Waals surface area (Å²) in [6.45, 7) is 5.02. The van der Waals surface area contributed by atoms with Gasteiger partial charge in [-0.25, -0.2) is 4.68 Å². The first-order chi connectivity index (χ1) is 8.20. The zero-order chi connectivity index (χ0) is 12.3. The van der Waals surface area contributed by atoms with Crippen LogP contribution in [0.2, 0.25) is 0 Å². The highest BCUT2D eigenvalue weighted by Gasteiger charge is 2.05. The van der Waals surface area contributed by atoms with Gasteiger partial charge < -0.3 is 0 Å². The average molecular weight is 250 g/mol. The molecule has 0 atom stereocenters. The number of alkyl halides is 1. The van der Waals surface area contributed by atoms with Crippen LogP contribution in [0.4, 0.5) is 0 Å². The molecule has 1 aromatic carbocycles. The van der Waals surface area contributed by atoms with Crippen LogP contribution < -0.4 is 0 Å². The van der Waals surface area contributed by atoms with Gasteiger partial charge in [0.2, 0.25) is 0 Å². The summed E-state index contributed by atoms with van der Waals surface area (Å²) in [5.74, 6) is 0.585. The maximum absolute atomic E-state index is 5.68. The van der Waals surface area contributed by atoms with Crippen molar-refractivity contribution in [1.29, 1.82) is 0 Å². The second-order valence-electron chi connectivity index (χ2n) is 4.22. The fourth-order valence-electron chi connectivity index (χ4n) is 1.89. The molecule has 0 N–H and O–H groups in total. The van der Waals surface area contributed by atoms with Gasteiger partial charge in [0, 0.05) is 18.5 Å². The molecule has 2 rings (SSSR count). The van der Waals surface area contributed by atoms with E-state index in [4.69, 9.17) is 11.6 Å². The first kappa shape index (κ1) is 12.1. The lowest BCUT2D eigenvalue weighted by Gasteiger charge is -2.08. The van der Waals surface area contributed by atoms with Gasteiger partial charge in [-0.2, -0.15) is 0 Å². The first-order valence-electron chi connectivity index (χ1n) is 5.71. The number of benzene rings is 1. The lowest BCUT2D eigenvalue weighted by atomic mass is 10.0. The molecule has 0 saturated heterocycles. The minimum absolute atomic E-state index is 0.585. The van der Waals surface area contributed by atoms with E-state index in [-0.39, 0.29) is 0 Å². The molecule has 0 unspecified atom stereocenters. The summed E-state index contributed by atoms with van der Waals surface area (Å²) >= 11 is 5.68. The van der Waals surface area contributed by atoms with Gasteiger partial charge in [-0.05, 0) is 30.5 Å². The highest BCUT2D eigenvalue weighted by atomic mass is 35.5. The third-order valence-electron chi connectivity index (χ3n) is 2.90. The van der Waals surface area contributed by atoms with Gasteiger partial charge in [0.05, 0.1) is 12.2 Å². The van der Waals surface area contributed by atoms with Crippen molar-refractivity contribution in [3.63, 3.8) is 0 Å². The Morgan fingerprint density at radius 2 is 1.94 bits per heavy atom. The molecule has 0 aliphatic heterocycles. The molecule has 0 aliphatic rings. The molecule has 4 heteroatoms. The zero-order valence-corrected chi connectivity index (χ0v) is 10.9. The van der Waals surface area contributed by atoms with Crippen molar-refractivity contribution < 1.29 is 0 Å². The molecule has 2 aromatic rings. The van der Waals surface area contributed by atoms with Crippen molar-refractivity contribution >= 4 is 11.6 Å². The summed E-state index contributed by atoms with van der Waals surface area (Å²) in [5, 5.41) is 8.21. The van der Waals surface area contributed by atoms with Gasteiger partial charge in [0.25, 0.3) is 0 Å². The average Bonchev–Trinajstić information content (AvgIpc) is 2.72. The van der Waals surface area contributed by atoms with Crippen LogP contribution >= 0.6 is 11.6 Å². The van der Waals surface area contributed by atoms with Gasteiger partial charge in [-0.15, -0.1) is 16.7 Å². The summed E-state index contributed by atoms with van der Waals surface area (Å²) < 4.78 is 1.87. The monoisotopic (exact) mass is 249 g/mol. The van der Waals surface area contributed by atoms with Crippen LogP contribution in [0.5, 0.6) is 0 Å². The second kappa shape index (κ2) is 5.32. The highest BCUT2D eigenvalue weighted by Crippen LogP contribution is 2.14. The molecular weight excluding hydrogens is 234 g/mol. The van der Waals surface area contributed by atoms with Crippen LogP contribution in [0.1, 0.15) is 22.4 Å². The smallest absolute Gasteiger partial charge is 0.0839 e. The van der Waals surface area contributed by atoms with E-state index in [2.05, 4.69) is 42.4 Å². The Kier molecular flexibility index (Phi) is 3.79. The lowest BCUT2D eigenvalue weighted by molar-refractivity contribution is 0.645. The van der Waals surface area contributed by atoms with E-state index in [1.54, 1.807) is 0 Å². The van der Waals surface area contributed by atoms with E-state index < -0.39 is 0 Å². The fourth-order valence-corrected chi connectivity index (χ4v) is 2.08. The van der Waals surface area contributed by atoms with Crippen LogP contribution in [0.25, 0.3) is 0 Å². The van der Waals surface area contributed by atoms with Crippen molar-refractivity contribution in [3.8, 4) is 0 Å². The standard InChI is InChI=1S/C13H16ClN3/c1-10-4-3-5-11(2)13(10)9-17-8-12(6-7-14)15-16-17/h3-5,8H,6-7,9H2,1-2H3. The molecule has 3 nitrogen and oxygen atoms in total. The lowest BCUT2D eigenvalue weighted by Crippen LogP contribution is -2.04. The maximum Gasteiger partial charge on any atom is 0.0839 e. The molecule has 0 radical (unpaired) electrons. The van der Waals surface area contributed by atoms with Crippen molar-refractivity contribution in [2.75, 3.05) is 5.88 Å². The Morgan fingerprint density at radius 1 is 1.24 bits per heavy atom. The van der Waals surface area contributed by atoms with Gasteiger partial charge in [-0.3, -0.25) is 0 Å². The largest absolute Gasteiger partial charge is 0.248 e. The van der Waals surface area contributed by atoms with Crippen LogP contribution in [0, 0.1) is 13.8 Å². The van der Waals surface area contributed by atoms with E-state index in [1.165, 1.54) is 16.7 Å². The van der Waals surface area contributed by atoms with Gasteiger partial charge in [0.1, 0.15) is 0 Å². The fraction of sp³-hybridized carbons (Fsp3) is 0.385. The number of halogens is 1. The topological polar surface area (TPSA) is 30.7 Å². The van der Waals surface area contributed by atoms with E-state index in [9.17, 15) is 0 Å². The predicted octanol–water partition coefficient (Wildman–Crippen LogP) is 2.72. The molecule has 0 bridgehead atoms. The van der Waals surface area contributed by atoms with Crippen molar-refractivity contribution in [3.05, 3.63) is 46.8 Å². The quantitative estimate of drug-likeness (QED) is 0.780. The van der Waals surface area contributed by atoms with E-state index in [0.717, 1.165) is 18.7 Å². The van der Waals surface area contributed by atoms with Crippen LogP contribution in [0.15, 0.2) is 24.4 Å². The van der Waals surface area contributed by atoms with Crippen LogP contribution in [-0.4, -0.2) is 20.9 Å². The molecule has 1 heterocycles. The molecule has 0 aliphatic carbocycles. The third kappa shape index (κ3) is 2.86. The van der Waals surface area contributed by atoms with Crippen LogP contribution in [0.3, 0.4) is 0 Å². The summed E-state index contributed by atoms with van der Waals surface area (Å²) in [7, 11) is 0. The van der Waals surface area contributed by atoms with Gasteiger partial charge in [0.15, 0.2) is 0 Å². The molecule has 90 valence electrons. The number of nitrogens with zero attached hydrogens (tertiary/aromatic N) is 3. The summed E-state index contributed by atoms with van der Waals surface area (Å²) in [4.78, 5) is 0. The third-order valence-corrected chi connectivity index (χ3v) is 3.09. The number of aromatic nitrogens is 3. The summed E-state index contributed by atoms with van der Waals surface area (Å²) in [6.07, 6.45) is 2.74. The molecule has 1 aromatic heterocycles. The van der Waals surface area contributed by atoms with Crippen molar-refractivity contribution in [1.82, 2.24) is 15.0 Å². The molecular formula is C13H16ClN3. The van der Waals surface area contributed by atoms with Crippen molar-refractivity contribution in [2.24, 2.45) is 0 Å². The Balaban J connectivity index is 2.19. The minimum Gasteiger partial charge on any atom is -0.248 e. The number of hydrogen-bond acceptors (Lipinski definition) is 2. The Bertz CT molecular complexity index is 485. The predicted molar refractivity (Wildman–Crippen MR) is 69.5 cm³/mol. The molecule has 0 amide bonds. The van der Waals surface area contributed by atoms with Gasteiger partial charge in [-0.1, -0.05) is 23.4 Å². The molecule has 0 spiro atoms. The van der Waals surface area contributed by atoms with Crippen molar-refractivity contribution in [2.45, 2.75) is 26.8 Å². The summed E-state index contributed by atoms with van der Waals surface area (Å²) in [5.41, 5.74) is 4.85. The highest BCUT2D eigenvalue weighted by molar-refractivity contribution is 6.17. The number of hydrogen-bond donors (Lipinski definition) is 0. The Labute approximate surface area is 106 Å². The number of aryl methyl sites for hydroxylation is 3. The van der Waals surface area contributed by atoms with Crippen LogP contribution in [-0.2, 0) is 13.0 Å². The zero-order valence-electron chi connectivity index (χ0n) is 10.2. The maximum atomic E-state index is 5.68. The SMILES string of the molecule is Cc1cccc(C)c1Cn1cc(CCCl)nn1.